The van der Waals surface area contributed by atoms with Crippen LogP contribution in [0.1, 0.15) is 57.1 Å². The lowest BCUT2D eigenvalue weighted by Gasteiger charge is -2.27. The molecule has 2 rings (SSSR count). The van der Waals surface area contributed by atoms with E-state index in [-0.39, 0.29) is 0 Å². The lowest BCUT2D eigenvalue weighted by atomic mass is 9.88. The highest BCUT2D eigenvalue weighted by molar-refractivity contribution is 6.30. The van der Waals surface area contributed by atoms with E-state index in [1.54, 1.807) is 0 Å². The van der Waals surface area contributed by atoms with Crippen molar-refractivity contribution in [2.45, 2.75) is 58.0 Å². The number of unbranched alkanes of at least 4 members (excludes halogenated alkanes) is 4. The van der Waals surface area contributed by atoms with Crippen LogP contribution >= 0.6 is 11.6 Å². The average Bonchev–Trinajstić information content (AvgIpc) is 2.59. The van der Waals surface area contributed by atoms with Crippen molar-refractivity contribution in [3.8, 4) is 5.75 Å². The second-order valence-electron chi connectivity index (χ2n) is 6.84. The van der Waals surface area contributed by atoms with Gasteiger partial charge in [0.2, 0.25) is 0 Å². The van der Waals surface area contributed by atoms with Crippen molar-refractivity contribution in [3.05, 3.63) is 64.7 Å². The number of benzene rings is 2. The molecular weight excluding hydrogens is 332 g/mol. The summed E-state index contributed by atoms with van der Waals surface area (Å²) >= 11 is 6.18. The first-order valence-electron chi connectivity index (χ1n) is 9.22. The number of hydrogen-bond acceptors (Lipinski definition) is 2. The summed E-state index contributed by atoms with van der Waals surface area (Å²) in [5.74, 6) is 0.723. The third-order valence-corrected chi connectivity index (χ3v) is 4.65. The van der Waals surface area contributed by atoms with Crippen molar-refractivity contribution >= 4 is 11.6 Å². The van der Waals surface area contributed by atoms with Gasteiger partial charge in [0.15, 0.2) is 0 Å². The molecule has 0 aromatic heterocycles. The normalized spacial score (nSPS) is 13.4. The molecule has 136 valence electrons. The molecule has 2 nitrogen and oxygen atoms in total. The van der Waals surface area contributed by atoms with Crippen molar-refractivity contribution in [2.75, 3.05) is 6.61 Å². The fourth-order valence-electron chi connectivity index (χ4n) is 3.03. The molecule has 25 heavy (non-hydrogen) atoms. The third kappa shape index (κ3) is 6.37. The highest BCUT2D eigenvalue weighted by atomic mass is 35.5. The molecule has 0 amide bonds. The third-order valence-electron chi connectivity index (χ3n) is 4.42. The van der Waals surface area contributed by atoms with Gasteiger partial charge in [-0.3, -0.25) is 0 Å². The number of rotatable bonds is 10. The highest BCUT2D eigenvalue weighted by Crippen LogP contribution is 2.35. The Morgan fingerprint density at radius 2 is 1.72 bits per heavy atom. The zero-order valence-corrected chi connectivity index (χ0v) is 16.1. The minimum atomic E-state index is -1.04. The molecule has 0 aliphatic rings. The largest absolute Gasteiger partial charge is 0.493 e. The summed E-state index contributed by atoms with van der Waals surface area (Å²) in [7, 11) is 0. The molecule has 0 saturated heterocycles. The van der Waals surface area contributed by atoms with E-state index in [0.29, 0.717) is 18.1 Å². The maximum atomic E-state index is 11.1. The van der Waals surface area contributed by atoms with E-state index in [9.17, 15) is 5.11 Å². The molecule has 2 aromatic carbocycles. The Balaban J connectivity index is 2.06. The van der Waals surface area contributed by atoms with Crippen LogP contribution in [0.3, 0.4) is 0 Å². The van der Waals surface area contributed by atoms with Gasteiger partial charge in [-0.2, -0.15) is 0 Å². The van der Waals surface area contributed by atoms with Gasteiger partial charge in [-0.15, -0.1) is 0 Å². The predicted octanol–water partition coefficient (Wildman–Crippen LogP) is 6.14. The van der Waals surface area contributed by atoms with Gasteiger partial charge in [0.25, 0.3) is 0 Å². The molecule has 0 spiro atoms. The lowest BCUT2D eigenvalue weighted by Crippen LogP contribution is -2.25. The molecule has 1 unspecified atom stereocenters. The standard InChI is InChI=1S/C22H29ClO2/c1-3-4-5-6-10-15-25-21-14-13-19(23)16-20(21)22(2,24)17-18-11-8-7-9-12-18/h7-9,11-14,16,24H,3-6,10,15,17H2,1-2H3. The van der Waals surface area contributed by atoms with Crippen LogP contribution in [-0.2, 0) is 12.0 Å². The molecule has 3 heteroatoms. The second kappa shape index (κ2) is 9.84. The SMILES string of the molecule is CCCCCCCOc1ccc(Cl)cc1C(C)(O)Cc1ccccc1. The molecule has 2 aromatic rings. The molecule has 0 radical (unpaired) electrons. The van der Waals surface area contributed by atoms with Crippen LogP contribution < -0.4 is 4.74 Å². The van der Waals surface area contributed by atoms with Crippen LogP contribution in [0.5, 0.6) is 5.75 Å². The Morgan fingerprint density at radius 3 is 2.44 bits per heavy atom. The first-order valence-corrected chi connectivity index (χ1v) is 9.60. The predicted molar refractivity (Wildman–Crippen MR) is 105 cm³/mol. The molecule has 0 fully saturated rings. The van der Waals surface area contributed by atoms with E-state index < -0.39 is 5.60 Å². The van der Waals surface area contributed by atoms with Crippen LogP contribution in [0.2, 0.25) is 5.02 Å². The van der Waals surface area contributed by atoms with E-state index in [1.807, 2.05) is 55.5 Å². The first kappa shape index (κ1) is 19.8. The second-order valence-corrected chi connectivity index (χ2v) is 7.28. The number of hydrogen-bond donors (Lipinski definition) is 1. The Labute approximate surface area is 156 Å². The smallest absolute Gasteiger partial charge is 0.125 e. The van der Waals surface area contributed by atoms with Crippen molar-refractivity contribution < 1.29 is 9.84 Å². The van der Waals surface area contributed by atoms with E-state index in [0.717, 1.165) is 23.3 Å². The van der Waals surface area contributed by atoms with Crippen molar-refractivity contribution in [2.24, 2.45) is 0 Å². The Bertz CT molecular complexity index is 638. The van der Waals surface area contributed by atoms with Gasteiger partial charge in [0, 0.05) is 17.0 Å². The molecular formula is C22H29ClO2. The van der Waals surface area contributed by atoms with Crippen LogP contribution in [0.15, 0.2) is 48.5 Å². The molecule has 1 atom stereocenters. The van der Waals surface area contributed by atoms with Gasteiger partial charge in [-0.05, 0) is 37.1 Å². The minimum Gasteiger partial charge on any atom is -0.493 e. The maximum Gasteiger partial charge on any atom is 0.125 e. The Kier molecular flexibility index (Phi) is 7.80. The molecule has 0 aliphatic carbocycles. The van der Waals surface area contributed by atoms with E-state index in [2.05, 4.69) is 6.92 Å². The van der Waals surface area contributed by atoms with Gasteiger partial charge in [-0.25, -0.2) is 0 Å². The van der Waals surface area contributed by atoms with Gasteiger partial charge in [-0.1, -0.05) is 74.5 Å². The summed E-state index contributed by atoms with van der Waals surface area (Å²) in [6, 6.07) is 15.5. The summed E-state index contributed by atoms with van der Waals surface area (Å²) in [6.07, 6.45) is 6.49. The van der Waals surface area contributed by atoms with E-state index in [1.165, 1.54) is 25.7 Å². The fourth-order valence-corrected chi connectivity index (χ4v) is 3.20. The highest BCUT2D eigenvalue weighted by Gasteiger charge is 2.27. The van der Waals surface area contributed by atoms with Gasteiger partial charge in [0.1, 0.15) is 5.75 Å². The summed E-state index contributed by atoms with van der Waals surface area (Å²) < 4.78 is 5.98. The quantitative estimate of drug-likeness (QED) is 0.515. The van der Waals surface area contributed by atoms with Crippen LogP contribution in [0.25, 0.3) is 0 Å². The summed E-state index contributed by atoms with van der Waals surface area (Å²) in [5.41, 5.74) is 0.791. The topological polar surface area (TPSA) is 29.5 Å². The zero-order chi connectivity index (χ0) is 18.1. The van der Waals surface area contributed by atoms with Crippen molar-refractivity contribution in [1.82, 2.24) is 0 Å². The van der Waals surface area contributed by atoms with Crippen molar-refractivity contribution in [1.29, 1.82) is 0 Å². The summed E-state index contributed by atoms with van der Waals surface area (Å²) in [5, 5.41) is 11.7. The lowest BCUT2D eigenvalue weighted by molar-refractivity contribution is 0.0541. The van der Waals surface area contributed by atoms with Crippen LogP contribution in [-0.4, -0.2) is 11.7 Å². The van der Waals surface area contributed by atoms with Crippen LogP contribution in [0, 0.1) is 0 Å². The first-order chi connectivity index (χ1) is 12.0. The van der Waals surface area contributed by atoms with Gasteiger partial charge >= 0.3 is 0 Å². The van der Waals surface area contributed by atoms with Crippen LogP contribution in [0.4, 0.5) is 0 Å². The molecule has 0 aliphatic heterocycles. The van der Waals surface area contributed by atoms with E-state index in [4.69, 9.17) is 16.3 Å². The average molecular weight is 361 g/mol. The van der Waals surface area contributed by atoms with Gasteiger partial charge in [0.05, 0.1) is 12.2 Å². The molecule has 1 N–H and O–H groups in total. The summed E-state index contributed by atoms with van der Waals surface area (Å²) in [6.45, 7) is 4.70. The number of ether oxygens (including phenoxy) is 1. The van der Waals surface area contributed by atoms with E-state index >= 15 is 0 Å². The summed E-state index contributed by atoms with van der Waals surface area (Å²) in [4.78, 5) is 0. The molecule has 0 heterocycles. The Hall–Kier alpha value is -1.51. The maximum absolute atomic E-state index is 11.1. The molecule has 0 saturated carbocycles. The Morgan fingerprint density at radius 1 is 1.00 bits per heavy atom. The minimum absolute atomic E-state index is 0.515. The monoisotopic (exact) mass is 360 g/mol. The fraction of sp³-hybridized carbons (Fsp3) is 0.455. The zero-order valence-electron chi connectivity index (χ0n) is 15.3. The van der Waals surface area contributed by atoms with Gasteiger partial charge < -0.3 is 9.84 Å². The van der Waals surface area contributed by atoms with Crippen molar-refractivity contribution in [3.63, 3.8) is 0 Å². The number of halogens is 1. The number of aliphatic hydroxyl groups is 1. The molecule has 0 bridgehead atoms.